The minimum atomic E-state index is -0.632. The van der Waals surface area contributed by atoms with Crippen molar-refractivity contribution >= 4 is 5.78 Å². The molecule has 100 valence electrons. The summed E-state index contributed by atoms with van der Waals surface area (Å²) in [6.07, 6.45) is 1.21. The summed E-state index contributed by atoms with van der Waals surface area (Å²) in [7, 11) is 2.96. The molecule has 0 aromatic heterocycles. The predicted molar refractivity (Wildman–Crippen MR) is 66.4 cm³/mol. The number of carbonyl (C=O) groups excluding carboxylic acids is 1. The summed E-state index contributed by atoms with van der Waals surface area (Å²) in [5, 5.41) is 0. The molecule has 1 aromatic rings. The molecule has 5 heteroatoms. The van der Waals surface area contributed by atoms with Crippen LogP contribution in [0, 0.1) is 5.82 Å². The zero-order valence-electron chi connectivity index (χ0n) is 10.6. The van der Waals surface area contributed by atoms with Crippen molar-refractivity contribution in [3.63, 3.8) is 0 Å². The van der Waals surface area contributed by atoms with Gasteiger partial charge < -0.3 is 15.2 Å². The fourth-order valence-corrected chi connectivity index (χ4v) is 1.61. The number of nitrogens with two attached hydrogens (primary N) is 1. The van der Waals surface area contributed by atoms with Gasteiger partial charge in [-0.1, -0.05) is 0 Å². The number of Topliss-reactive ketones (excluding diaryl/α,β-unsaturated/α-hetero) is 1. The van der Waals surface area contributed by atoms with Gasteiger partial charge in [-0.25, -0.2) is 4.39 Å². The molecule has 0 spiro atoms. The van der Waals surface area contributed by atoms with E-state index >= 15 is 0 Å². The van der Waals surface area contributed by atoms with Crippen molar-refractivity contribution in [1.29, 1.82) is 0 Å². The highest BCUT2D eigenvalue weighted by Crippen LogP contribution is 2.18. The first-order chi connectivity index (χ1) is 8.60. The lowest BCUT2D eigenvalue weighted by Gasteiger charge is -2.11. The Kier molecular flexibility index (Phi) is 5.74. The van der Waals surface area contributed by atoms with Gasteiger partial charge in [0, 0.05) is 19.3 Å². The van der Waals surface area contributed by atoms with Crippen LogP contribution in [0.3, 0.4) is 0 Å². The van der Waals surface area contributed by atoms with Crippen LogP contribution in [-0.4, -0.2) is 32.7 Å². The van der Waals surface area contributed by atoms with Crippen molar-refractivity contribution < 1.29 is 18.7 Å². The second-order valence-corrected chi connectivity index (χ2v) is 3.96. The summed E-state index contributed by atoms with van der Waals surface area (Å²) in [5.74, 6) is -0.723. The SMILES string of the molecule is COCCCC(N)C(=O)c1ccc(OC)c(F)c1. The maximum atomic E-state index is 13.4. The number of rotatable bonds is 7. The summed E-state index contributed by atoms with van der Waals surface area (Å²) in [5.41, 5.74) is 6.01. The normalized spacial score (nSPS) is 12.2. The summed E-state index contributed by atoms with van der Waals surface area (Å²) >= 11 is 0. The van der Waals surface area contributed by atoms with Crippen LogP contribution in [0.2, 0.25) is 0 Å². The van der Waals surface area contributed by atoms with Gasteiger partial charge in [-0.05, 0) is 31.0 Å². The molecule has 0 fully saturated rings. The Morgan fingerprint density at radius 1 is 1.44 bits per heavy atom. The van der Waals surface area contributed by atoms with Gasteiger partial charge in [0.15, 0.2) is 17.3 Å². The Bertz CT molecular complexity index is 409. The molecule has 2 N–H and O–H groups in total. The molecular weight excluding hydrogens is 237 g/mol. The van der Waals surface area contributed by atoms with E-state index in [1.165, 1.54) is 19.2 Å². The standard InChI is InChI=1S/C13H18FNO3/c1-17-7-3-4-11(15)13(16)9-5-6-12(18-2)10(14)8-9/h5-6,8,11H,3-4,7,15H2,1-2H3. The molecule has 0 saturated heterocycles. The maximum Gasteiger partial charge on any atom is 0.179 e. The average molecular weight is 255 g/mol. The molecule has 0 saturated carbocycles. The number of methoxy groups -OCH3 is 2. The summed E-state index contributed by atoms with van der Waals surface area (Å²) in [6.45, 7) is 0.554. The van der Waals surface area contributed by atoms with E-state index in [4.69, 9.17) is 15.2 Å². The second kappa shape index (κ2) is 7.08. The van der Waals surface area contributed by atoms with E-state index in [2.05, 4.69) is 0 Å². The van der Waals surface area contributed by atoms with Crippen molar-refractivity contribution in [2.75, 3.05) is 20.8 Å². The van der Waals surface area contributed by atoms with E-state index in [1.807, 2.05) is 0 Å². The van der Waals surface area contributed by atoms with Crippen LogP contribution < -0.4 is 10.5 Å². The Labute approximate surface area is 106 Å². The van der Waals surface area contributed by atoms with E-state index < -0.39 is 11.9 Å². The molecule has 0 heterocycles. The number of benzene rings is 1. The highest BCUT2D eigenvalue weighted by Gasteiger charge is 2.17. The third-order valence-electron chi connectivity index (χ3n) is 2.64. The van der Waals surface area contributed by atoms with Gasteiger partial charge >= 0.3 is 0 Å². The quantitative estimate of drug-likeness (QED) is 0.596. The molecule has 0 amide bonds. The Morgan fingerprint density at radius 3 is 2.72 bits per heavy atom. The van der Waals surface area contributed by atoms with Crippen LogP contribution in [0.25, 0.3) is 0 Å². The monoisotopic (exact) mass is 255 g/mol. The first kappa shape index (κ1) is 14.6. The first-order valence-electron chi connectivity index (χ1n) is 5.72. The maximum absolute atomic E-state index is 13.4. The van der Waals surface area contributed by atoms with Gasteiger partial charge in [-0.2, -0.15) is 0 Å². The molecule has 1 rings (SSSR count). The molecule has 0 aliphatic heterocycles. The van der Waals surface area contributed by atoms with E-state index in [9.17, 15) is 9.18 Å². The van der Waals surface area contributed by atoms with Crippen LogP contribution in [0.5, 0.6) is 5.75 Å². The number of ketones is 1. The van der Waals surface area contributed by atoms with Gasteiger partial charge in [0.05, 0.1) is 13.2 Å². The first-order valence-corrected chi connectivity index (χ1v) is 5.72. The molecular formula is C13H18FNO3. The third kappa shape index (κ3) is 3.78. The third-order valence-corrected chi connectivity index (χ3v) is 2.64. The molecule has 0 radical (unpaired) electrons. The van der Waals surface area contributed by atoms with E-state index in [1.54, 1.807) is 7.11 Å². The van der Waals surface area contributed by atoms with Crippen LogP contribution in [0.15, 0.2) is 18.2 Å². The lowest BCUT2D eigenvalue weighted by molar-refractivity contribution is 0.0950. The number of halogens is 1. The zero-order chi connectivity index (χ0) is 13.5. The van der Waals surface area contributed by atoms with Crippen molar-refractivity contribution in [2.45, 2.75) is 18.9 Å². The number of hydrogen-bond donors (Lipinski definition) is 1. The molecule has 1 aromatic carbocycles. The minimum Gasteiger partial charge on any atom is -0.494 e. The Balaban J connectivity index is 2.68. The van der Waals surface area contributed by atoms with Crippen molar-refractivity contribution in [3.8, 4) is 5.75 Å². The summed E-state index contributed by atoms with van der Waals surface area (Å²) in [6, 6.07) is 3.45. The van der Waals surface area contributed by atoms with Gasteiger partial charge in [-0.3, -0.25) is 4.79 Å². The van der Waals surface area contributed by atoms with Crippen LogP contribution in [0.1, 0.15) is 23.2 Å². The van der Waals surface area contributed by atoms with Gasteiger partial charge in [0.25, 0.3) is 0 Å². The van der Waals surface area contributed by atoms with E-state index in [0.717, 1.165) is 6.07 Å². The molecule has 4 nitrogen and oxygen atoms in total. The molecule has 1 atom stereocenters. The molecule has 0 bridgehead atoms. The Hall–Kier alpha value is -1.46. The Morgan fingerprint density at radius 2 is 2.17 bits per heavy atom. The number of carbonyl (C=O) groups is 1. The lowest BCUT2D eigenvalue weighted by Crippen LogP contribution is -2.30. The van der Waals surface area contributed by atoms with Crippen molar-refractivity contribution in [1.82, 2.24) is 0 Å². The smallest absolute Gasteiger partial charge is 0.179 e. The van der Waals surface area contributed by atoms with Gasteiger partial charge in [0.1, 0.15) is 0 Å². The minimum absolute atomic E-state index is 0.111. The van der Waals surface area contributed by atoms with Crippen molar-refractivity contribution in [3.05, 3.63) is 29.6 Å². The fourth-order valence-electron chi connectivity index (χ4n) is 1.61. The molecule has 1 unspecified atom stereocenters. The zero-order valence-corrected chi connectivity index (χ0v) is 10.6. The van der Waals surface area contributed by atoms with Crippen LogP contribution >= 0.6 is 0 Å². The summed E-state index contributed by atoms with van der Waals surface area (Å²) < 4.78 is 23.1. The summed E-state index contributed by atoms with van der Waals surface area (Å²) in [4.78, 5) is 11.9. The van der Waals surface area contributed by atoms with E-state index in [0.29, 0.717) is 19.4 Å². The topological polar surface area (TPSA) is 61.5 Å². The predicted octanol–water partition coefficient (Wildman–Crippen LogP) is 1.77. The average Bonchev–Trinajstić information content (AvgIpc) is 2.38. The number of hydrogen-bond acceptors (Lipinski definition) is 4. The van der Waals surface area contributed by atoms with E-state index in [-0.39, 0.29) is 17.1 Å². The molecule has 0 aliphatic carbocycles. The second-order valence-electron chi connectivity index (χ2n) is 3.96. The molecule has 0 aliphatic rings. The highest BCUT2D eigenvalue weighted by molar-refractivity contribution is 6.00. The number of ether oxygens (including phenoxy) is 2. The van der Waals surface area contributed by atoms with Gasteiger partial charge in [0.2, 0.25) is 0 Å². The van der Waals surface area contributed by atoms with Crippen LogP contribution in [-0.2, 0) is 4.74 Å². The largest absolute Gasteiger partial charge is 0.494 e. The fraction of sp³-hybridized carbons (Fsp3) is 0.462. The lowest BCUT2D eigenvalue weighted by atomic mass is 10.0. The van der Waals surface area contributed by atoms with Crippen LogP contribution in [0.4, 0.5) is 4.39 Å². The van der Waals surface area contributed by atoms with Crippen molar-refractivity contribution in [2.24, 2.45) is 5.73 Å². The molecule has 18 heavy (non-hydrogen) atoms. The highest BCUT2D eigenvalue weighted by atomic mass is 19.1. The van der Waals surface area contributed by atoms with Gasteiger partial charge in [-0.15, -0.1) is 0 Å².